The maximum Gasteiger partial charge on any atom is 0.399 e. The zero-order valence-corrected chi connectivity index (χ0v) is 10.6. The number of aromatic nitrogens is 1. The summed E-state index contributed by atoms with van der Waals surface area (Å²) in [6, 6.07) is 1.44. The Morgan fingerprint density at radius 3 is 2.18 bits per heavy atom. The molecule has 98 valence electrons. The van der Waals surface area contributed by atoms with Crippen LogP contribution in [0.4, 0.5) is 13.2 Å². The zero-order chi connectivity index (χ0) is 13.3. The zero-order valence-electron chi connectivity index (χ0n) is 10.6. The van der Waals surface area contributed by atoms with E-state index in [2.05, 4.69) is 5.16 Å². The molecule has 0 aliphatic heterocycles. The lowest BCUT2D eigenvalue weighted by molar-refractivity contribution is -0.181. The van der Waals surface area contributed by atoms with Gasteiger partial charge < -0.3 is 4.52 Å². The van der Waals surface area contributed by atoms with E-state index in [1.165, 1.54) is 6.07 Å². The Balaban J connectivity index is 3.03. The number of hydrogen-bond donors (Lipinski definition) is 0. The highest BCUT2D eigenvalue weighted by atomic mass is 19.4. The van der Waals surface area contributed by atoms with Crippen LogP contribution in [0.2, 0.25) is 0 Å². The second-order valence-corrected chi connectivity index (χ2v) is 4.75. The average molecular weight is 249 g/mol. The summed E-state index contributed by atoms with van der Waals surface area (Å²) in [4.78, 5) is 0. The molecule has 1 heterocycles. The van der Waals surface area contributed by atoms with Gasteiger partial charge in [-0.2, -0.15) is 13.2 Å². The van der Waals surface area contributed by atoms with Crippen LogP contribution in [0, 0.1) is 0 Å². The van der Waals surface area contributed by atoms with Gasteiger partial charge in [-0.3, -0.25) is 0 Å². The van der Waals surface area contributed by atoms with Crippen molar-refractivity contribution in [3.63, 3.8) is 0 Å². The average Bonchev–Trinajstić information content (AvgIpc) is 2.67. The highest BCUT2D eigenvalue weighted by Gasteiger charge is 2.50. The Bertz CT molecular complexity index is 364. The molecule has 0 saturated heterocycles. The molecule has 5 heteroatoms. The fourth-order valence-electron chi connectivity index (χ4n) is 1.61. The maximum atomic E-state index is 12.8. The van der Waals surface area contributed by atoms with Crippen LogP contribution in [0.15, 0.2) is 10.6 Å². The normalized spacial score (nSPS) is 13.4. The van der Waals surface area contributed by atoms with Crippen molar-refractivity contribution in [1.82, 2.24) is 5.16 Å². The van der Waals surface area contributed by atoms with Gasteiger partial charge >= 0.3 is 6.18 Å². The third-order valence-electron chi connectivity index (χ3n) is 3.27. The van der Waals surface area contributed by atoms with Crippen LogP contribution in [-0.2, 0) is 5.41 Å². The first-order valence-corrected chi connectivity index (χ1v) is 5.77. The van der Waals surface area contributed by atoms with Gasteiger partial charge in [0.1, 0.15) is 11.2 Å². The molecule has 2 nitrogen and oxygen atoms in total. The number of alkyl halides is 3. The van der Waals surface area contributed by atoms with Crippen molar-refractivity contribution in [1.29, 1.82) is 0 Å². The minimum atomic E-state index is -4.32. The van der Waals surface area contributed by atoms with E-state index in [-0.39, 0.29) is 11.6 Å². The molecule has 1 rings (SSSR count). The summed E-state index contributed by atoms with van der Waals surface area (Å²) in [5.41, 5.74) is -2.02. The second kappa shape index (κ2) is 4.70. The summed E-state index contributed by atoms with van der Waals surface area (Å²) < 4.78 is 43.5. The number of nitrogens with zero attached hydrogens (tertiary/aromatic N) is 1. The van der Waals surface area contributed by atoms with Gasteiger partial charge in [0.05, 0.1) is 5.69 Å². The molecule has 0 radical (unpaired) electrons. The van der Waals surface area contributed by atoms with E-state index in [4.69, 9.17) is 4.52 Å². The third-order valence-corrected chi connectivity index (χ3v) is 3.27. The first-order valence-electron chi connectivity index (χ1n) is 5.77. The Morgan fingerprint density at radius 2 is 1.76 bits per heavy atom. The van der Waals surface area contributed by atoms with Crippen LogP contribution in [0.25, 0.3) is 0 Å². The third kappa shape index (κ3) is 2.64. The lowest BCUT2D eigenvalue weighted by Gasteiger charge is -2.24. The number of hydrogen-bond acceptors (Lipinski definition) is 2. The van der Waals surface area contributed by atoms with Crippen molar-refractivity contribution in [2.45, 2.75) is 58.0 Å². The van der Waals surface area contributed by atoms with Crippen molar-refractivity contribution in [3.05, 3.63) is 17.5 Å². The van der Waals surface area contributed by atoms with Gasteiger partial charge in [0.2, 0.25) is 0 Å². The predicted octanol–water partition coefficient (Wildman–Crippen LogP) is 4.42. The summed E-state index contributed by atoms with van der Waals surface area (Å²) in [5.74, 6) is 0.683. The fraction of sp³-hybridized carbons (Fsp3) is 0.750. The van der Waals surface area contributed by atoms with Gasteiger partial charge in [-0.05, 0) is 26.7 Å². The van der Waals surface area contributed by atoms with E-state index < -0.39 is 11.6 Å². The van der Waals surface area contributed by atoms with E-state index in [1.807, 2.05) is 13.8 Å². The van der Waals surface area contributed by atoms with Gasteiger partial charge in [-0.1, -0.05) is 19.0 Å². The quantitative estimate of drug-likeness (QED) is 0.789. The van der Waals surface area contributed by atoms with Gasteiger partial charge in [-0.15, -0.1) is 0 Å². The van der Waals surface area contributed by atoms with Crippen molar-refractivity contribution in [3.8, 4) is 0 Å². The summed E-state index contributed by atoms with van der Waals surface area (Å²) in [7, 11) is 0. The SMILES string of the molecule is CCC(CC)c1cc(C(C)(C)C(F)(F)F)no1. The molecule has 0 fully saturated rings. The molecule has 0 amide bonds. The van der Waals surface area contributed by atoms with E-state index in [1.54, 1.807) is 0 Å². The summed E-state index contributed by atoms with van der Waals surface area (Å²) in [5, 5.41) is 3.58. The van der Waals surface area contributed by atoms with Crippen LogP contribution >= 0.6 is 0 Å². The highest BCUT2D eigenvalue weighted by Crippen LogP contribution is 2.40. The molecule has 1 aromatic rings. The monoisotopic (exact) mass is 249 g/mol. The molecule has 0 saturated carbocycles. The molecule has 0 N–H and O–H groups in total. The molecule has 0 aliphatic rings. The van der Waals surface area contributed by atoms with Crippen molar-refractivity contribution < 1.29 is 17.7 Å². The minimum Gasteiger partial charge on any atom is -0.361 e. The molecule has 0 atom stereocenters. The minimum absolute atomic E-state index is 0.0492. The Kier molecular flexibility index (Phi) is 3.89. The molecule has 0 aliphatic carbocycles. The summed E-state index contributed by atoms with van der Waals surface area (Å²) in [6.45, 7) is 6.18. The highest BCUT2D eigenvalue weighted by molar-refractivity contribution is 5.19. The van der Waals surface area contributed by atoms with E-state index in [9.17, 15) is 13.2 Å². The summed E-state index contributed by atoms with van der Waals surface area (Å²) >= 11 is 0. The largest absolute Gasteiger partial charge is 0.399 e. The van der Waals surface area contributed by atoms with Gasteiger partial charge in [-0.25, -0.2) is 0 Å². The van der Waals surface area contributed by atoms with Crippen LogP contribution < -0.4 is 0 Å². The molecular formula is C12H18F3NO. The van der Waals surface area contributed by atoms with E-state index in [0.717, 1.165) is 26.7 Å². The molecule has 0 aromatic carbocycles. The molecule has 1 aromatic heterocycles. The van der Waals surface area contributed by atoms with Crippen molar-refractivity contribution >= 4 is 0 Å². The summed E-state index contributed by atoms with van der Waals surface area (Å²) in [6.07, 6.45) is -2.66. The maximum absolute atomic E-state index is 12.8. The first kappa shape index (κ1) is 14.1. The molecule has 0 bridgehead atoms. The van der Waals surface area contributed by atoms with Gasteiger partial charge in [0.15, 0.2) is 0 Å². The molecule has 0 spiro atoms. The lowest BCUT2D eigenvalue weighted by Crippen LogP contribution is -2.36. The fourth-order valence-corrected chi connectivity index (χ4v) is 1.61. The van der Waals surface area contributed by atoms with E-state index in [0.29, 0.717) is 5.76 Å². The van der Waals surface area contributed by atoms with Crippen LogP contribution in [0.1, 0.15) is 57.9 Å². The standard InChI is InChI=1S/C12H18F3NO/c1-5-8(6-2)9-7-10(16-17-9)11(3,4)12(13,14)15/h7-8H,5-6H2,1-4H3. The Hall–Kier alpha value is -1.00. The van der Waals surface area contributed by atoms with Crippen molar-refractivity contribution in [2.75, 3.05) is 0 Å². The Morgan fingerprint density at radius 1 is 1.24 bits per heavy atom. The van der Waals surface area contributed by atoms with Crippen LogP contribution in [0.3, 0.4) is 0 Å². The van der Waals surface area contributed by atoms with E-state index >= 15 is 0 Å². The Labute approximate surface area is 99.2 Å². The first-order chi connectivity index (χ1) is 7.74. The van der Waals surface area contributed by atoms with Crippen LogP contribution in [0.5, 0.6) is 0 Å². The second-order valence-electron chi connectivity index (χ2n) is 4.75. The van der Waals surface area contributed by atoms with Crippen molar-refractivity contribution in [2.24, 2.45) is 0 Å². The number of halogens is 3. The predicted molar refractivity (Wildman–Crippen MR) is 58.9 cm³/mol. The molecule has 17 heavy (non-hydrogen) atoms. The molecular weight excluding hydrogens is 231 g/mol. The topological polar surface area (TPSA) is 26.0 Å². The van der Waals surface area contributed by atoms with Crippen LogP contribution in [-0.4, -0.2) is 11.3 Å². The number of rotatable bonds is 4. The molecule has 0 unspecified atom stereocenters. The van der Waals surface area contributed by atoms with Gasteiger partial charge in [0.25, 0.3) is 0 Å². The lowest BCUT2D eigenvalue weighted by atomic mass is 9.87. The smallest absolute Gasteiger partial charge is 0.361 e. The van der Waals surface area contributed by atoms with Gasteiger partial charge in [0, 0.05) is 12.0 Å².